The highest BCUT2D eigenvalue weighted by Gasteiger charge is 2.17. The van der Waals surface area contributed by atoms with Crippen molar-refractivity contribution in [3.8, 4) is 0 Å². The van der Waals surface area contributed by atoms with Crippen molar-refractivity contribution in [2.45, 2.75) is 19.0 Å². The number of benzene rings is 1. The molecule has 25 heavy (non-hydrogen) atoms. The van der Waals surface area contributed by atoms with E-state index >= 15 is 0 Å². The van der Waals surface area contributed by atoms with Crippen LogP contribution in [-0.2, 0) is 16.6 Å². The summed E-state index contributed by atoms with van der Waals surface area (Å²) in [5.41, 5.74) is 1.57. The van der Waals surface area contributed by atoms with E-state index in [9.17, 15) is 9.59 Å². The molecule has 1 heterocycles. The average Bonchev–Trinajstić information content (AvgIpc) is 2.99. The van der Waals surface area contributed by atoms with E-state index in [1.165, 1.54) is 16.7 Å². The lowest BCUT2D eigenvalue weighted by Gasteiger charge is -2.20. The molecule has 0 bridgehead atoms. The summed E-state index contributed by atoms with van der Waals surface area (Å²) in [6.07, 6.45) is 3.51. The van der Waals surface area contributed by atoms with E-state index < -0.39 is 0 Å². The highest BCUT2D eigenvalue weighted by molar-refractivity contribution is 7.99. The molecule has 0 saturated heterocycles. The molecular formula is C17H21ClN4O2S. The second-order valence-corrected chi connectivity index (χ2v) is 6.90. The van der Waals surface area contributed by atoms with Crippen LogP contribution in [0.25, 0.3) is 0 Å². The fourth-order valence-electron chi connectivity index (χ4n) is 2.18. The van der Waals surface area contributed by atoms with Crippen LogP contribution in [-0.4, -0.2) is 45.1 Å². The van der Waals surface area contributed by atoms with Gasteiger partial charge in [-0.2, -0.15) is 0 Å². The van der Waals surface area contributed by atoms with Gasteiger partial charge in [-0.05, 0) is 31.5 Å². The van der Waals surface area contributed by atoms with E-state index in [4.69, 9.17) is 11.6 Å². The number of anilines is 1. The molecule has 0 atom stereocenters. The second-order valence-electron chi connectivity index (χ2n) is 5.52. The zero-order valence-electron chi connectivity index (χ0n) is 14.5. The minimum Gasteiger partial charge on any atom is -0.333 e. The number of hydrogen-bond donors (Lipinski definition) is 1. The highest BCUT2D eigenvalue weighted by Crippen LogP contribution is 2.20. The van der Waals surface area contributed by atoms with Crippen molar-refractivity contribution in [2.75, 3.05) is 24.2 Å². The number of hydrogen-bond acceptors (Lipinski definition) is 4. The lowest BCUT2D eigenvalue weighted by Crippen LogP contribution is -2.39. The Morgan fingerprint density at radius 1 is 1.40 bits per heavy atom. The number of aryl methyl sites for hydroxylation is 2. The van der Waals surface area contributed by atoms with Gasteiger partial charge in [0.2, 0.25) is 11.8 Å². The molecule has 0 radical (unpaired) electrons. The summed E-state index contributed by atoms with van der Waals surface area (Å²) in [7, 11) is 1.87. The van der Waals surface area contributed by atoms with Crippen LogP contribution in [0.15, 0.2) is 35.7 Å². The molecule has 134 valence electrons. The first-order valence-corrected chi connectivity index (χ1v) is 9.21. The number of halogens is 1. The fraction of sp³-hybridized carbons (Fsp3) is 0.353. The van der Waals surface area contributed by atoms with Crippen molar-refractivity contribution in [3.63, 3.8) is 0 Å². The molecule has 0 aliphatic carbocycles. The van der Waals surface area contributed by atoms with Gasteiger partial charge in [-0.25, -0.2) is 4.98 Å². The van der Waals surface area contributed by atoms with E-state index in [2.05, 4.69) is 10.3 Å². The molecule has 2 aromatic rings. The molecule has 2 amide bonds. The van der Waals surface area contributed by atoms with Crippen molar-refractivity contribution in [1.82, 2.24) is 14.5 Å². The first-order valence-electron chi connectivity index (χ1n) is 7.84. The Hall–Kier alpha value is -1.99. The molecule has 0 aliphatic heterocycles. The topological polar surface area (TPSA) is 67.2 Å². The largest absolute Gasteiger partial charge is 0.333 e. The van der Waals surface area contributed by atoms with E-state index in [0.29, 0.717) is 17.3 Å². The van der Waals surface area contributed by atoms with Crippen LogP contribution < -0.4 is 5.32 Å². The van der Waals surface area contributed by atoms with Gasteiger partial charge in [-0.15, -0.1) is 0 Å². The normalized spacial score (nSPS) is 10.6. The Balaban J connectivity index is 1.91. The van der Waals surface area contributed by atoms with E-state index in [-0.39, 0.29) is 24.1 Å². The number of amides is 2. The van der Waals surface area contributed by atoms with Crippen LogP contribution in [0.4, 0.5) is 5.69 Å². The quantitative estimate of drug-likeness (QED) is 0.750. The molecule has 2 rings (SSSR count). The Bertz CT molecular complexity index is 763. The molecule has 0 fully saturated rings. The zero-order valence-corrected chi connectivity index (χ0v) is 16.0. The number of thioether (sulfide) groups is 1. The number of imidazole rings is 1. The van der Waals surface area contributed by atoms with Crippen molar-refractivity contribution in [2.24, 2.45) is 7.05 Å². The Morgan fingerprint density at radius 2 is 2.16 bits per heavy atom. The molecule has 0 spiro atoms. The lowest BCUT2D eigenvalue weighted by atomic mass is 10.2. The van der Waals surface area contributed by atoms with Crippen LogP contribution in [0, 0.1) is 6.92 Å². The fourth-order valence-corrected chi connectivity index (χ4v) is 3.18. The Labute approximate surface area is 156 Å². The zero-order chi connectivity index (χ0) is 18.4. The van der Waals surface area contributed by atoms with Gasteiger partial charge in [0.25, 0.3) is 0 Å². The predicted octanol–water partition coefficient (Wildman–Crippen LogP) is 2.96. The molecule has 0 unspecified atom stereocenters. The van der Waals surface area contributed by atoms with Crippen LogP contribution in [0.5, 0.6) is 0 Å². The number of nitrogens with one attached hydrogen (secondary N) is 1. The third kappa shape index (κ3) is 5.51. The van der Waals surface area contributed by atoms with Gasteiger partial charge >= 0.3 is 0 Å². The summed E-state index contributed by atoms with van der Waals surface area (Å²) in [4.78, 5) is 30.3. The van der Waals surface area contributed by atoms with Crippen molar-refractivity contribution < 1.29 is 9.59 Å². The first-order chi connectivity index (χ1) is 11.9. The minimum absolute atomic E-state index is 0.00239. The van der Waals surface area contributed by atoms with Gasteiger partial charge in [0.1, 0.15) is 0 Å². The SMILES string of the molecule is CCN(CC(=O)Nc1cc(Cl)ccc1C)C(=O)CSc1nccn1C. The number of carbonyl (C=O) groups is 2. The summed E-state index contributed by atoms with van der Waals surface area (Å²) >= 11 is 7.31. The maximum Gasteiger partial charge on any atom is 0.244 e. The van der Waals surface area contributed by atoms with Crippen molar-refractivity contribution >= 4 is 40.9 Å². The molecule has 0 aliphatic rings. The standard InChI is InChI=1S/C17H21ClN4O2S/c1-4-22(16(24)11-25-17-19-7-8-21(17)3)10-15(23)20-14-9-13(18)6-5-12(14)2/h5-9H,4,10-11H2,1-3H3,(H,20,23). The summed E-state index contributed by atoms with van der Waals surface area (Å²) in [5.74, 6) is -0.113. The van der Waals surface area contributed by atoms with Gasteiger partial charge in [0.15, 0.2) is 5.16 Å². The van der Waals surface area contributed by atoms with E-state index in [1.54, 1.807) is 18.3 Å². The molecule has 0 saturated carbocycles. The number of rotatable bonds is 7. The van der Waals surface area contributed by atoms with E-state index in [0.717, 1.165) is 10.7 Å². The number of carbonyl (C=O) groups excluding carboxylic acids is 2. The number of nitrogens with zero attached hydrogens (tertiary/aromatic N) is 3. The maximum absolute atomic E-state index is 12.4. The van der Waals surface area contributed by atoms with Crippen LogP contribution in [0.1, 0.15) is 12.5 Å². The maximum atomic E-state index is 12.4. The van der Waals surface area contributed by atoms with Gasteiger partial charge in [-0.3, -0.25) is 9.59 Å². The van der Waals surface area contributed by atoms with Gasteiger partial charge in [-0.1, -0.05) is 29.4 Å². The molecule has 1 aromatic carbocycles. The molecule has 1 N–H and O–H groups in total. The van der Waals surface area contributed by atoms with Gasteiger partial charge < -0.3 is 14.8 Å². The first kappa shape index (κ1) is 19.3. The van der Waals surface area contributed by atoms with Crippen LogP contribution in [0.2, 0.25) is 5.02 Å². The summed E-state index contributed by atoms with van der Waals surface area (Å²) in [6.45, 7) is 4.20. The summed E-state index contributed by atoms with van der Waals surface area (Å²) < 4.78 is 1.85. The molecular weight excluding hydrogens is 360 g/mol. The molecule has 1 aromatic heterocycles. The van der Waals surface area contributed by atoms with Gasteiger partial charge in [0, 0.05) is 36.7 Å². The van der Waals surface area contributed by atoms with Crippen LogP contribution >= 0.6 is 23.4 Å². The number of aromatic nitrogens is 2. The summed E-state index contributed by atoms with van der Waals surface area (Å²) in [6, 6.07) is 5.30. The van der Waals surface area contributed by atoms with E-state index in [1.807, 2.05) is 37.7 Å². The summed E-state index contributed by atoms with van der Waals surface area (Å²) in [5, 5.41) is 4.13. The van der Waals surface area contributed by atoms with Crippen LogP contribution in [0.3, 0.4) is 0 Å². The minimum atomic E-state index is -0.248. The smallest absolute Gasteiger partial charge is 0.244 e. The Morgan fingerprint density at radius 3 is 2.80 bits per heavy atom. The lowest BCUT2D eigenvalue weighted by molar-refractivity contribution is -0.132. The average molecular weight is 381 g/mol. The Kier molecular flexibility index (Phi) is 6.90. The highest BCUT2D eigenvalue weighted by atomic mass is 35.5. The molecule has 8 heteroatoms. The van der Waals surface area contributed by atoms with Crippen molar-refractivity contribution in [1.29, 1.82) is 0 Å². The second kappa shape index (κ2) is 8.92. The third-order valence-corrected chi connectivity index (χ3v) is 4.92. The van der Waals surface area contributed by atoms with Crippen molar-refractivity contribution in [3.05, 3.63) is 41.2 Å². The predicted molar refractivity (Wildman–Crippen MR) is 101 cm³/mol. The third-order valence-electron chi connectivity index (χ3n) is 3.64. The molecule has 6 nitrogen and oxygen atoms in total. The number of likely N-dealkylation sites (N-methyl/N-ethyl adjacent to an activating group) is 1. The van der Waals surface area contributed by atoms with Gasteiger partial charge in [0.05, 0.1) is 12.3 Å². The monoisotopic (exact) mass is 380 g/mol.